The molecule has 2 heterocycles. The highest BCUT2D eigenvalue weighted by atomic mass is 35.5. The standard InChI is InChI=1S/C14H16ClN5O/c15-11-2-1-3-12(14(11)20-9-17-8-18-20)19-13(21)6-10-4-5-16-7-10/h1-3,8-10,16H,4-7H2,(H,19,21). The number of benzene rings is 1. The highest BCUT2D eigenvalue weighted by Crippen LogP contribution is 2.28. The summed E-state index contributed by atoms with van der Waals surface area (Å²) in [7, 11) is 0. The zero-order valence-corrected chi connectivity index (χ0v) is 12.2. The van der Waals surface area contributed by atoms with Crippen molar-refractivity contribution in [3.05, 3.63) is 35.9 Å². The molecule has 3 rings (SSSR count). The second-order valence-corrected chi connectivity index (χ2v) is 5.49. The first kappa shape index (κ1) is 14.0. The Hall–Kier alpha value is -1.92. The van der Waals surface area contributed by atoms with Gasteiger partial charge in [-0.05, 0) is 37.6 Å². The number of amides is 1. The van der Waals surface area contributed by atoms with Gasteiger partial charge < -0.3 is 10.6 Å². The number of halogens is 1. The molecule has 1 unspecified atom stereocenters. The van der Waals surface area contributed by atoms with Crippen LogP contribution in [0.3, 0.4) is 0 Å². The van der Waals surface area contributed by atoms with Gasteiger partial charge in [0.1, 0.15) is 18.3 Å². The van der Waals surface area contributed by atoms with Gasteiger partial charge in [-0.25, -0.2) is 9.67 Å². The Morgan fingerprint density at radius 1 is 1.52 bits per heavy atom. The minimum atomic E-state index is -0.00710. The summed E-state index contributed by atoms with van der Waals surface area (Å²) in [5.74, 6) is 0.395. The Morgan fingerprint density at radius 2 is 2.43 bits per heavy atom. The summed E-state index contributed by atoms with van der Waals surface area (Å²) in [6.45, 7) is 1.89. The molecule has 110 valence electrons. The smallest absolute Gasteiger partial charge is 0.224 e. The molecule has 0 spiro atoms. The lowest BCUT2D eigenvalue weighted by Crippen LogP contribution is -2.19. The van der Waals surface area contributed by atoms with Gasteiger partial charge in [-0.2, -0.15) is 5.10 Å². The van der Waals surface area contributed by atoms with Crippen molar-refractivity contribution >= 4 is 23.2 Å². The molecule has 0 aliphatic carbocycles. The first-order valence-corrected chi connectivity index (χ1v) is 7.26. The van der Waals surface area contributed by atoms with Gasteiger partial charge in [0, 0.05) is 6.42 Å². The van der Waals surface area contributed by atoms with E-state index in [-0.39, 0.29) is 5.91 Å². The molecule has 1 aliphatic heterocycles. The van der Waals surface area contributed by atoms with Crippen molar-refractivity contribution in [3.8, 4) is 5.69 Å². The second kappa shape index (κ2) is 6.24. The van der Waals surface area contributed by atoms with Gasteiger partial charge in [0.2, 0.25) is 5.91 Å². The zero-order valence-electron chi connectivity index (χ0n) is 11.4. The van der Waals surface area contributed by atoms with Gasteiger partial charge in [0.05, 0.1) is 10.7 Å². The lowest BCUT2D eigenvalue weighted by molar-refractivity contribution is -0.116. The number of aromatic nitrogens is 3. The van der Waals surface area contributed by atoms with E-state index in [0.717, 1.165) is 19.5 Å². The van der Waals surface area contributed by atoms with E-state index in [4.69, 9.17) is 11.6 Å². The van der Waals surface area contributed by atoms with E-state index in [9.17, 15) is 4.79 Å². The van der Waals surface area contributed by atoms with Crippen LogP contribution in [-0.2, 0) is 4.79 Å². The van der Waals surface area contributed by atoms with Crippen molar-refractivity contribution in [1.29, 1.82) is 0 Å². The van der Waals surface area contributed by atoms with Crippen molar-refractivity contribution in [2.45, 2.75) is 12.8 Å². The molecule has 2 N–H and O–H groups in total. The van der Waals surface area contributed by atoms with Crippen LogP contribution in [-0.4, -0.2) is 33.8 Å². The first-order chi connectivity index (χ1) is 10.2. The van der Waals surface area contributed by atoms with Crippen LogP contribution in [0.1, 0.15) is 12.8 Å². The summed E-state index contributed by atoms with van der Waals surface area (Å²) < 4.78 is 1.55. The largest absolute Gasteiger partial charge is 0.324 e. The Labute approximate surface area is 127 Å². The summed E-state index contributed by atoms with van der Waals surface area (Å²) >= 11 is 6.22. The number of carbonyl (C=O) groups is 1. The molecule has 7 heteroatoms. The summed E-state index contributed by atoms with van der Waals surface area (Å²) in [5.41, 5.74) is 1.28. The topological polar surface area (TPSA) is 71.8 Å². The number of nitrogens with one attached hydrogen (secondary N) is 2. The normalized spacial score (nSPS) is 17.9. The van der Waals surface area contributed by atoms with Gasteiger partial charge in [-0.1, -0.05) is 17.7 Å². The molecule has 1 aliphatic rings. The van der Waals surface area contributed by atoms with Crippen LogP contribution < -0.4 is 10.6 Å². The molecule has 6 nitrogen and oxygen atoms in total. The average Bonchev–Trinajstić information content (AvgIpc) is 3.11. The maximum atomic E-state index is 12.2. The summed E-state index contributed by atoms with van der Waals surface area (Å²) in [4.78, 5) is 16.1. The third-order valence-corrected chi connectivity index (χ3v) is 3.85. The number of nitrogens with zero attached hydrogens (tertiary/aromatic N) is 3. The highest BCUT2D eigenvalue weighted by Gasteiger charge is 2.19. The molecule has 21 heavy (non-hydrogen) atoms. The molecule has 1 amide bonds. The van der Waals surface area contributed by atoms with Crippen molar-refractivity contribution < 1.29 is 4.79 Å². The third kappa shape index (κ3) is 3.22. The van der Waals surface area contributed by atoms with Gasteiger partial charge in [-0.15, -0.1) is 0 Å². The summed E-state index contributed by atoms with van der Waals surface area (Å²) in [6, 6.07) is 5.37. The van der Waals surface area contributed by atoms with Crippen molar-refractivity contribution in [1.82, 2.24) is 20.1 Å². The van der Waals surface area contributed by atoms with E-state index in [0.29, 0.717) is 28.7 Å². The predicted octanol–water partition coefficient (Wildman–Crippen LogP) is 1.86. The maximum absolute atomic E-state index is 12.2. The number of para-hydroxylation sites is 1. The SMILES string of the molecule is O=C(CC1CCNC1)Nc1cccc(Cl)c1-n1cncn1. The van der Waals surface area contributed by atoms with E-state index in [1.54, 1.807) is 23.1 Å². The molecule has 1 saturated heterocycles. The van der Waals surface area contributed by atoms with Crippen molar-refractivity contribution in [3.63, 3.8) is 0 Å². The van der Waals surface area contributed by atoms with Gasteiger partial charge >= 0.3 is 0 Å². The molecule has 0 bridgehead atoms. The summed E-state index contributed by atoms with van der Waals surface area (Å²) in [6.07, 6.45) is 4.53. The Morgan fingerprint density at radius 3 is 3.14 bits per heavy atom. The van der Waals surface area contributed by atoms with Crippen LogP contribution in [0.4, 0.5) is 5.69 Å². The second-order valence-electron chi connectivity index (χ2n) is 5.09. The average molecular weight is 306 g/mol. The molecule has 0 radical (unpaired) electrons. The molecular formula is C14H16ClN5O. The Bertz CT molecular complexity index is 622. The predicted molar refractivity (Wildman–Crippen MR) is 80.6 cm³/mol. The number of hydrogen-bond acceptors (Lipinski definition) is 4. The van der Waals surface area contributed by atoms with Crippen LogP contribution in [0, 0.1) is 5.92 Å². The lowest BCUT2D eigenvalue weighted by atomic mass is 10.0. The van der Waals surface area contributed by atoms with Crippen molar-refractivity contribution in [2.24, 2.45) is 5.92 Å². The molecule has 1 aromatic heterocycles. The van der Waals surface area contributed by atoms with Crippen LogP contribution in [0.15, 0.2) is 30.9 Å². The van der Waals surface area contributed by atoms with Crippen LogP contribution in [0.5, 0.6) is 0 Å². The number of hydrogen-bond donors (Lipinski definition) is 2. The molecule has 1 fully saturated rings. The number of anilines is 1. The minimum absolute atomic E-state index is 0.00710. The van der Waals surface area contributed by atoms with E-state index in [2.05, 4.69) is 20.7 Å². The molecule has 1 atom stereocenters. The van der Waals surface area contributed by atoms with Gasteiger partial charge in [0.25, 0.3) is 0 Å². The third-order valence-electron chi connectivity index (χ3n) is 3.55. The van der Waals surface area contributed by atoms with Crippen molar-refractivity contribution in [2.75, 3.05) is 18.4 Å². The fraction of sp³-hybridized carbons (Fsp3) is 0.357. The maximum Gasteiger partial charge on any atom is 0.224 e. The van der Waals surface area contributed by atoms with E-state index >= 15 is 0 Å². The van der Waals surface area contributed by atoms with Crippen LogP contribution in [0.25, 0.3) is 5.69 Å². The number of rotatable bonds is 4. The monoisotopic (exact) mass is 305 g/mol. The highest BCUT2D eigenvalue weighted by molar-refractivity contribution is 6.33. The fourth-order valence-electron chi connectivity index (χ4n) is 2.52. The molecule has 2 aromatic rings. The van der Waals surface area contributed by atoms with Crippen LogP contribution >= 0.6 is 11.6 Å². The lowest BCUT2D eigenvalue weighted by Gasteiger charge is -2.13. The quantitative estimate of drug-likeness (QED) is 0.904. The fourth-order valence-corrected chi connectivity index (χ4v) is 2.79. The van der Waals surface area contributed by atoms with Gasteiger partial charge in [-0.3, -0.25) is 4.79 Å². The minimum Gasteiger partial charge on any atom is -0.324 e. The van der Waals surface area contributed by atoms with E-state index in [1.165, 1.54) is 6.33 Å². The molecule has 0 saturated carbocycles. The van der Waals surface area contributed by atoms with E-state index < -0.39 is 0 Å². The van der Waals surface area contributed by atoms with E-state index in [1.807, 2.05) is 6.07 Å². The molecular weight excluding hydrogens is 290 g/mol. The Kier molecular flexibility index (Phi) is 4.17. The van der Waals surface area contributed by atoms with Crippen LogP contribution in [0.2, 0.25) is 5.02 Å². The first-order valence-electron chi connectivity index (χ1n) is 6.88. The Balaban J connectivity index is 1.79. The summed E-state index contributed by atoms with van der Waals surface area (Å²) in [5, 5.41) is 10.8. The number of carbonyl (C=O) groups excluding carboxylic acids is 1. The van der Waals surface area contributed by atoms with Gasteiger partial charge in [0.15, 0.2) is 0 Å². The zero-order chi connectivity index (χ0) is 14.7. The molecule has 1 aromatic carbocycles.